The van der Waals surface area contributed by atoms with Crippen LogP contribution in [-0.2, 0) is 6.42 Å². The van der Waals surface area contributed by atoms with Crippen molar-refractivity contribution in [2.45, 2.75) is 40.0 Å². The van der Waals surface area contributed by atoms with E-state index in [0.29, 0.717) is 11.5 Å². The molecule has 1 heterocycles. The Labute approximate surface area is 166 Å². The molecule has 5 nitrogen and oxygen atoms in total. The van der Waals surface area contributed by atoms with Crippen molar-refractivity contribution in [3.05, 3.63) is 77.1 Å². The van der Waals surface area contributed by atoms with E-state index in [4.69, 9.17) is 0 Å². The molecule has 3 aromatic rings. The van der Waals surface area contributed by atoms with Gasteiger partial charge in [-0.1, -0.05) is 25.5 Å². The van der Waals surface area contributed by atoms with Crippen LogP contribution in [0.1, 0.15) is 47.1 Å². The summed E-state index contributed by atoms with van der Waals surface area (Å²) in [6.45, 7) is 6.05. The minimum absolute atomic E-state index is 0.129. The number of nitrogens with one attached hydrogen (secondary N) is 2. The molecule has 1 aromatic heterocycles. The first-order valence-corrected chi connectivity index (χ1v) is 9.63. The van der Waals surface area contributed by atoms with Gasteiger partial charge in [-0.15, -0.1) is 0 Å². The van der Waals surface area contributed by atoms with Gasteiger partial charge < -0.3 is 10.6 Å². The van der Waals surface area contributed by atoms with E-state index >= 15 is 0 Å². The summed E-state index contributed by atoms with van der Waals surface area (Å²) in [4.78, 5) is 21.2. The minimum Gasteiger partial charge on any atom is -0.324 e. The summed E-state index contributed by atoms with van der Waals surface area (Å²) in [7, 11) is 0. The summed E-state index contributed by atoms with van der Waals surface area (Å²) >= 11 is 0. The molecule has 0 aliphatic heterocycles. The summed E-state index contributed by atoms with van der Waals surface area (Å²) in [5.74, 6) is 0.424. The van der Waals surface area contributed by atoms with Gasteiger partial charge in [0.2, 0.25) is 5.95 Å². The Morgan fingerprint density at radius 1 is 0.893 bits per heavy atom. The lowest BCUT2D eigenvalue weighted by molar-refractivity contribution is 0.102. The van der Waals surface area contributed by atoms with Gasteiger partial charge in [0.15, 0.2) is 0 Å². The molecule has 144 valence electrons. The number of carbonyl (C=O) groups is 1. The number of aromatic nitrogens is 2. The van der Waals surface area contributed by atoms with Crippen LogP contribution in [0, 0.1) is 13.8 Å². The van der Waals surface area contributed by atoms with Gasteiger partial charge in [0.1, 0.15) is 0 Å². The quantitative estimate of drug-likeness (QED) is 0.578. The molecule has 2 N–H and O–H groups in total. The Balaban J connectivity index is 1.61. The van der Waals surface area contributed by atoms with Crippen molar-refractivity contribution in [1.29, 1.82) is 0 Å². The lowest BCUT2D eigenvalue weighted by atomic mass is 10.1. The van der Waals surface area contributed by atoms with Crippen LogP contribution >= 0.6 is 0 Å². The molecule has 0 bridgehead atoms. The molecular weight excluding hydrogens is 348 g/mol. The second-order valence-corrected chi connectivity index (χ2v) is 6.93. The molecule has 0 aliphatic carbocycles. The molecule has 0 saturated carbocycles. The zero-order chi connectivity index (χ0) is 19.9. The van der Waals surface area contributed by atoms with Crippen LogP contribution in [0.5, 0.6) is 0 Å². The number of anilines is 3. The second kappa shape index (κ2) is 9.13. The van der Waals surface area contributed by atoms with E-state index in [1.807, 2.05) is 44.2 Å². The van der Waals surface area contributed by atoms with Gasteiger partial charge in [-0.25, -0.2) is 9.97 Å². The van der Waals surface area contributed by atoms with Gasteiger partial charge in [0, 0.05) is 28.3 Å². The minimum atomic E-state index is -0.129. The van der Waals surface area contributed by atoms with Crippen LogP contribution in [0.25, 0.3) is 0 Å². The third-order valence-electron chi connectivity index (χ3n) is 4.42. The van der Waals surface area contributed by atoms with Crippen LogP contribution in [0.15, 0.2) is 54.6 Å². The van der Waals surface area contributed by atoms with Crippen LogP contribution in [0.3, 0.4) is 0 Å². The number of benzene rings is 2. The molecular formula is C23H26N4O. The Morgan fingerprint density at radius 3 is 2.11 bits per heavy atom. The zero-order valence-corrected chi connectivity index (χ0v) is 16.6. The first-order chi connectivity index (χ1) is 13.5. The molecule has 0 atom stereocenters. The fraction of sp³-hybridized carbons (Fsp3) is 0.261. The normalized spacial score (nSPS) is 10.5. The van der Waals surface area contributed by atoms with Crippen LogP contribution in [0.2, 0.25) is 0 Å². The number of rotatable bonds is 7. The van der Waals surface area contributed by atoms with Gasteiger partial charge in [-0.05, 0) is 74.7 Å². The molecule has 1 amide bonds. The van der Waals surface area contributed by atoms with Gasteiger partial charge >= 0.3 is 0 Å². The smallest absolute Gasteiger partial charge is 0.255 e. The van der Waals surface area contributed by atoms with E-state index in [0.717, 1.165) is 29.2 Å². The predicted octanol–water partition coefficient (Wildman–Crippen LogP) is 5.43. The number of hydrogen-bond donors (Lipinski definition) is 2. The number of aryl methyl sites for hydroxylation is 3. The lowest BCUT2D eigenvalue weighted by Crippen LogP contribution is -2.11. The number of unbranched alkanes of at least 4 members (excludes halogenated alkanes) is 1. The van der Waals surface area contributed by atoms with Crippen molar-refractivity contribution >= 4 is 23.2 Å². The highest BCUT2D eigenvalue weighted by Gasteiger charge is 2.07. The fourth-order valence-electron chi connectivity index (χ4n) is 2.95. The summed E-state index contributed by atoms with van der Waals surface area (Å²) in [6.07, 6.45) is 3.43. The molecule has 5 heteroatoms. The van der Waals surface area contributed by atoms with Crippen molar-refractivity contribution in [3.63, 3.8) is 0 Å². The maximum Gasteiger partial charge on any atom is 0.255 e. The van der Waals surface area contributed by atoms with Crippen molar-refractivity contribution in [3.8, 4) is 0 Å². The number of nitrogens with zero attached hydrogens (tertiary/aromatic N) is 2. The molecule has 3 rings (SSSR count). The van der Waals surface area contributed by atoms with E-state index < -0.39 is 0 Å². The Morgan fingerprint density at radius 2 is 1.50 bits per heavy atom. The van der Waals surface area contributed by atoms with E-state index in [9.17, 15) is 4.79 Å². The maximum atomic E-state index is 12.5. The van der Waals surface area contributed by atoms with Crippen LogP contribution < -0.4 is 10.6 Å². The zero-order valence-electron chi connectivity index (χ0n) is 16.6. The number of carbonyl (C=O) groups excluding carboxylic acids is 1. The van der Waals surface area contributed by atoms with E-state index in [2.05, 4.69) is 39.7 Å². The maximum absolute atomic E-state index is 12.5. The standard InChI is InChI=1S/C23H26N4O/c1-4-5-6-18-7-11-20(12-8-18)26-22(28)19-9-13-21(14-10-19)27-23-24-16(2)15-17(3)25-23/h7-15H,4-6H2,1-3H3,(H,26,28)(H,24,25,27). The highest BCUT2D eigenvalue weighted by Crippen LogP contribution is 2.17. The summed E-state index contributed by atoms with van der Waals surface area (Å²) < 4.78 is 0. The van der Waals surface area contributed by atoms with Crippen molar-refractivity contribution in [2.24, 2.45) is 0 Å². The van der Waals surface area contributed by atoms with Gasteiger partial charge in [-0.3, -0.25) is 4.79 Å². The first kappa shape index (κ1) is 19.5. The lowest BCUT2D eigenvalue weighted by Gasteiger charge is -2.09. The van der Waals surface area contributed by atoms with Gasteiger partial charge in [-0.2, -0.15) is 0 Å². The Bertz CT molecular complexity index is 914. The number of hydrogen-bond acceptors (Lipinski definition) is 4. The molecule has 2 aromatic carbocycles. The summed E-state index contributed by atoms with van der Waals surface area (Å²) in [6, 6.07) is 17.3. The fourth-order valence-corrected chi connectivity index (χ4v) is 2.95. The van der Waals surface area contributed by atoms with Crippen LogP contribution in [0.4, 0.5) is 17.3 Å². The highest BCUT2D eigenvalue weighted by atomic mass is 16.1. The molecule has 0 aliphatic rings. The molecule has 28 heavy (non-hydrogen) atoms. The van der Waals surface area contributed by atoms with Gasteiger partial charge in [0.05, 0.1) is 0 Å². The predicted molar refractivity (Wildman–Crippen MR) is 114 cm³/mol. The summed E-state index contributed by atoms with van der Waals surface area (Å²) in [5.41, 5.74) is 5.35. The average Bonchev–Trinajstić information content (AvgIpc) is 2.67. The third kappa shape index (κ3) is 5.39. The molecule has 0 fully saturated rings. The third-order valence-corrected chi connectivity index (χ3v) is 4.42. The van der Waals surface area contributed by atoms with Crippen LogP contribution in [-0.4, -0.2) is 15.9 Å². The molecule has 0 spiro atoms. The highest BCUT2D eigenvalue weighted by molar-refractivity contribution is 6.04. The average molecular weight is 374 g/mol. The largest absolute Gasteiger partial charge is 0.324 e. The van der Waals surface area contributed by atoms with Crippen molar-refractivity contribution < 1.29 is 4.79 Å². The van der Waals surface area contributed by atoms with E-state index in [1.165, 1.54) is 18.4 Å². The second-order valence-electron chi connectivity index (χ2n) is 6.93. The van der Waals surface area contributed by atoms with Crippen molar-refractivity contribution in [2.75, 3.05) is 10.6 Å². The molecule has 0 unspecified atom stereocenters. The summed E-state index contributed by atoms with van der Waals surface area (Å²) in [5, 5.41) is 6.11. The van der Waals surface area contributed by atoms with Gasteiger partial charge in [0.25, 0.3) is 5.91 Å². The molecule has 0 radical (unpaired) electrons. The Kier molecular flexibility index (Phi) is 6.37. The monoisotopic (exact) mass is 374 g/mol. The van der Waals surface area contributed by atoms with E-state index in [-0.39, 0.29) is 5.91 Å². The van der Waals surface area contributed by atoms with E-state index in [1.54, 1.807) is 12.1 Å². The molecule has 0 saturated heterocycles. The van der Waals surface area contributed by atoms with Crippen molar-refractivity contribution in [1.82, 2.24) is 9.97 Å². The number of amides is 1. The first-order valence-electron chi connectivity index (χ1n) is 9.63. The SMILES string of the molecule is CCCCc1ccc(NC(=O)c2ccc(Nc3nc(C)cc(C)n3)cc2)cc1. The topological polar surface area (TPSA) is 66.9 Å². The Hall–Kier alpha value is -3.21.